The summed E-state index contributed by atoms with van der Waals surface area (Å²) in [7, 11) is 1.84. The van der Waals surface area contributed by atoms with Gasteiger partial charge in [0.1, 0.15) is 5.03 Å². The van der Waals surface area contributed by atoms with Gasteiger partial charge in [-0.05, 0) is 25.3 Å². The third-order valence-electron chi connectivity index (χ3n) is 2.69. The van der Waals surface area contributed by atoms with Crippen molar-refractivity contribution in [3.63, 3.8) is 0 Å². The fraction of sp³-hybridized carbons (Fsp3) is 0.250. The highest BCUT2D eigenvalue weighted by Gasteiger charge is 2.13. The van der Waals surface area contributed by atoms with E-state index in [1.807, 2.05) is 20.2 Å². The van der Waals surface area contributed by atoms with Crippen LogP contribution in [-0.2, 0) is 7.05 Å². The maximum Gasteiger partial charge on any atom is 0.258 e. The van der Waals surface area contributed by atoms with Crippen LogP contribution in [0.4, 0.5) is 5.69 Å². The van der Waals surface area contributed by atoms with E-state index in [2.05, 4.69) is 15.4 Å². The van der Waals surface area contributed by atoms with Gasteiger partial charge in [-0.25, -0.2) is 4.98 Å². The predicted octanol–water partition coefficient (Wildman–Crippen LogP) is 2.10. The number of carbonyl (C=O) groups excluding carboxylic acids is 1. The van der Waals surface area contributed by atoms with Gasteiger partial charge in [0.25, 0.3) is 5.91 Å². The van der Waals surface area contributed by atoms with Gasteiger partial charge in [-0.15, -0.1) is 11.8 Å². The molecule has 5 nitrogen and oxygen atoms in total. The average Bonchev–Trinajstić information content (AvgIpc) is 2.70. The van der Waals surface area contributed by atoms with E-state index in [-0.39, 0.29) is 5.91 Å². The van der Waals surface area contributed by atoms with Crippen LogP contribution in [0.1, 0.15) is 16.1 Å². The Morgan fingerprint density at radius 1 is 1.50 bits per heavy atom. The molecule has 0 aliphatic carbocycles. The van der Waals surface area contributed by atoms with Gasteiger partial charge in [0.2, 0.25) is 0 Å². The summed E-state index contributed by atoms with van der Waals surface area (Å²) in [5, 5.41) is 7.65. The Labute approximate surface area is 110 Å². The van der Waals surface area contributed by atoms with Crippen LogP contribution in [0.2, 0.25) is 0 Å². The number of hydrogen-bond donors (Lipinski definition) is 1. The average molecular weight is 262 g/mol. The van der Waals surface area contributed by atoms with Gasteiger partial charge >= 0.3 is 0 Å². The molecule has 0 radical (unpaired) electrons. The molecule has 0 bridgehead atoms. The summed E-state index contributed by atoms with van der Waals surface area (Å²) in [4.78, 5) is 16.3. The van der Waals surface area contributed by atoms with Crippen LogP contribution in [0.3, 0.4) is 0 Å². The first-order valence-corrected chi connectivity index (χ1v) is 6.65. The number of amides is 1. The van der Waals surface area contributed by atoms with Crippen LogP contribution in [0.25, 0.3) is 0 Å². The van der Waals surface area contributed by atoms with Gasteiger partial charge in [0, 0.05) is 13.2 Å². The normalized spacial score (nSPS) is 10.4. The lowest BCUT2D eigenvalue weighted by Gasteiger charge is -2.07. The molecule has 18 heavy (non-hydrogen) atoms. The number of thioether (sulfide) groups is 1. The molecule has 1 N–H and O–H groups in total. The van der Waals surface area contributed by atoms with Crippen LogP contribution < -0.4 is 5.32 Å². The molecule has 0 spiro atoms. The fourth-order valence-electron chi connectivity index (χ4n) is 1.54. The van der Waals surface area contributed by atoms with E-state index < -0.39 is 0 Å². The zero-order valence-corrected chi connectivity index (χ0v) is 11.3. The van der Waals surface area contributed by atoms with Gasteiger partial charge in [-0.2, -0.15) is 5.10 Å². The Hall–Kier alpha value is -1.82. The summed E-state index contributed by atoms with van der Waals surface area (Å²) < 4.78 is 1.72. The summed E-state index contributed by atoms with van der Waals surface area (Å²) in [6.45, 7) is 1.90. The van der Waals surface area contributed by atoms with Crippen LogP contribution in [-0.4, -0.2) is 26.9 Å². The number of aromatic nitrogens is 3. The molecule has 2 heterocycles. The summed E-state index contributed by atoms with van der Waals surface area (Å²) >= 11 is 1.45. The summed E-state index contributed by atoms with van der Waals surface area (Å²) in [6, 6.07) is 3.52. The molecule has 0 saturated carbocycles. The molecule has 0 saturated heterocycles. The van der Waals surface area contributed by atoms with Crippen molar-refractivity contribution in [1.82, 2.24) is 14.8 Å². The molecule has 2 aromatic heterocycles. The molecule has 6 heteroatoms. The van der Waals surface area contributed by atoms with E-state index in [9.17, 15) is 4.79 Å². The molecule has 1 amide bonds. The maximum absolute atomic E-state index is 12.2. The minimum Gasteiger partial charge on any atom is -0.319 e. The van der Waals surface area contributed by atoms with Crippen molar-refractivity contribution < 1.29 is 4.79 Å². The lowest BCUT2D eigenvalue weighted by molar-refractivity contribution is 0.102. The minimum atomic E-state index is -0.163. The second kappa shape index (κ2) is 5.22. The number of nitrogens with zero attached hydrogens (tertiary/aromatic N) is 3. The highest BCUT2D eigenvalue weighted by Crippen LogP contribution is 2.19. The molecule has 94 valence electrons. The van der Waals surface area contributed by atoms with Crippen LogP contribution in [0.15, 0.2) is 29.6 Å². The third-order valence-corrected chi connectivity index (χ3v) is 3.40. The molecule has 2 aromatic rings. The minimum absolute atomic E-state index is 0.163. The SMILES string of the molecule is CSc1ncccc1C(=O)Nc1cnn(C)c1C. The molecule has 2 rings (SSSR count). The Kier molecular flexibility index (Phi) is 3.66. The van der Waals surface area contributed by atoms with Crippen molar-refractivity contribution in [3.8, 4) is 0 Å². The Balaban J connectivity index is 2.25. The van der Waals surface area contributed by atoms with Crippen molar-refractivity contribution in [2.75, 3.05) is 11.6 Å². The highest BCUT2D eigenvalue weighted by molar-refractivity contribution is 7.98. The van der Waals surface area contributed by atoms with Crippen molar-refractivity contribution >= 4 is 23.4 Å². The van der Waals surface area contributed by atoms with E-state index in [0.29, 0.717) is 5.56 Å². The van der Waals surface area contributed by atoms with Crippen LogP contribution >= 0.6 is 11.8 Å². The van der Waals surface area contributed by atoms with Crippen molar-refractivity contribution in [2.45, 2.75) is 11.9 Å². The molecule has 0 unspecified atom stereocenters. The van der Waals surface area contributed by atoms with E-state index in [1.54, 1.807) is 29.2 Å². The fourth-order valence-corrected chi connectivity index (χ4v) is 2.08. The number of hydrogen-bond acceptors (Lipinski definition) is 4. The van der Waals surface area contributed by atoms with Gasteiger partial charge in [-0.1, -0.05) is 0 Å². The quantitative estimate of drug-likeness (QED) is 0.861. The van der Waals surface area contributed by atoms with E-state index in [0.717, 1.165) is 16.4 Å². The monoisotopic (exact) mass is 262 g/mol. The third kappa shape index (κ3) is 2.38. The van der Waals surface area contributed by atoms with Crippen molar-refractivity contribution in [3.05, 3.63) is 35.8 Å². The molecule has 0 aromatic carbocycles. The lowest BCUT2D eigenvalue weighted by atomic mass is 10.2. The predicted molar refractivity (Wildman–Crippen MR) is 71.9 cm³/mol. The largest absolute Gasteiger partial charge is 0.319 e. The zero-order valence-electron chi connectivity index (χ0n) is 10.5. The molecule has 0 aliphatic rings. The van der Waals surface area contributed by atoms with E-state index in [4.69, 9.17) is 0 Å². The molecule has 0 fully saturated rings. The number of rotatable bonds is 3. The van der Waals surface area contributed by atoms with E-state index >= 15 is 0 Å². The molecule has 0 atom stereocenters. The van der Waals surface area contributed by atoms with Crippen molar-refractivity contribution in [1.29, 1.82) is 0 Å². The maximum atomic E-state index is 12.2. The summed E-state index contributed by atoms with van der Waals surface area (Å²) in [5.41, 5.74) is 2.21. The molecule has 0 aliphatic heterocycles. The Bertz CT molecular complexity index is 579. The first kappa shape index (κ1) is 12.6. The second-order valence-corrected chi connectivity index (χ2v) is 4.58. The van der Waals surface area contributed by atoms with Gasteiger partial charge in [0.15, 0.2) is 0 Å². The number of carbonyl (C=O) groups is 1. The van der Waals surface area contributed by atoms with Gasteiger partial charge in [0.05, 0.1) is 23.1 Å². The Morgan fingerprint density at radius 3 is 2.89 bits per heavy atom. The van der Waals surface area contributed by atoms with Gasteiger partial charge in [-0.3, -0.25) is 9.48 Å². The van der Waals surface area contributed by atoms with Crippen molar-refractivity contribution in [2.24, 2.45) is 7.05 Å². The topological polar surface area (TPSA) is 59.8 Å². The standard InChI is InChI=1S/C12H14N4OS/c1-8-10(7-14-16(8)2)15-11(17)9-5-4-6-13-12(9)18-3/h4-7H,1-3H3,(H,15,17). The number of aryl methyl sites for hydroxylation is 1. The summed E-state index contributed by atoms with van der Waals surface area (Å²) in [5.74, 6) is -0.163. The lowest BCUT2D eigenvalue weighted by Crippen LogP contribution is -2.14. The molecular formula is C12H14N4OS. The van der Waals surface area contributed by atoms with Gasteiger partial charge < -0.3 is 5.32 Å². The molecular weight excluding hydrogens is 248 g/mol. The Morgan fingerprint density at radius 2 is 2.28 bits per heavy atom. The van der Waals surface area contributed by atoms with Crippen LogP contribution in [0, 0.1) is 6.92 Å². The van der Waals surface area contributed by atoms with Crippen LogP contribution in [0.5, 0.6) is 0 Å². The number of anilines is 1. The smallest absolute Gasteiger partial charge is 0.258 e. The second-order valence-electron chi connectivity index (χ2n) is 3.78. The summed E-state index contributed by atoms with van der Waals surface area (Å²) in [6.07, 6.45) is 5.22. The zero-order chi connectivity index (χ0) is 13.1. The first-order chi connectivity index (χ1) is 8.63. The number of pyridine rings is 1. The van der Waals surface area contributed by atoms with E-state index in [1.165, 1.54) is 11.8 Å². The number of nitrogens with one attached hydrogen (secondary N) is 1. The highest BCUT2D eigenvalue weighted by atomic mass is 32.2. The first-order valence-electron chi connectivity index (χ1n) is 5.42.